The molecule has 1 fully saturated rings. The summed E-state index contributed by atoms with van der Waals surface area (Å²) in [4.78, 5) is 42.7. The second-order valence-electron chi connectivity index (χ2n) is 4.97. The van der Waals surface area contributed by atoms with Gasteiger partial charge in [0.15, 0.2) is 0 Å². The van der Waals surface area contributed by atoms with Crippen molar-refractivity contribution in [1.29, 1.82) is 0 Å². The molecule has 0 unspecified atom stereocenters. The molecule has 3 rings (SSSR count). The average molecular weight is 286 g/mol. The van der Waals surface area contributed by atoms with Gasteiger partial charge in [-0.2, -0.15) is 0 Å². The zero-order chi connectivity index (χ0) is 15.0. The zero-order valence-corrected chi connectivity index (χ0v) is 11.5. The maximum Gasteiger partial charge on any atom is 0.312 e. The third kappa shape index (κ3) is 2.37. The maximum absolute atomic E-state index is 12.0. The van der Waals surface area contributed by atoms with Crippen LogP contribution in [0.3, 0.4) is 0 Å². The van der Waals surface area contributed by atoms with Crippen molar-refractivity contribution in [2.24, 2.45) is 0 Å². The highest BCUT2D eigenvalue weighted by atomic mass is 16.2. The molecule has 0 radical (unpaired) electrons. The Morgan fingerprint density at radius 3 is 2.76 bits per heavy atom. The highest BCUT2D eigenvalue weighted by Gasteiger charge is 2.30. The van der Waals surface area contributed by atoms with Crippen LogP contribution in [-0.2, 0) is 16.1 Å². The van der Waals surface area contributed by atoms with Crippen LogP contribution in [-0.4, -0.2) is 51.1 Å². The van der Waals surface area contributed by atoms with Crippen molar-refractivity contribution in [3.05, 3.63) is 46.5 Å². The molecule has 7 nitrogen and oxygen atoms in total. The average Bonchev–Trinajstić information content (AvgIpc) is 2.48. The minimum atomic E-state index is -0.557. The maximum atomic E-state index is 12.0. The molecule has 0 bridgehead atoms. The van der Waals surface area contributed by atoms with Crippen molar-refractivity contribution in [3.63, 3.8) is 0 Å². The van der Waals surface area contributed by atoms with Crippen LogP contribution in [0.1, 0.15) is 5.69 Å². The lowest BCUT2D eigenvalue weighted by Crippen LogP contribution is -2.52. The van der Waals surface area contributed by atoms with E-state index in [0.29, 0.717) is 24.4 Å². The van der Waals surface area contributed by atoms with Crippen LogP contribution in [0.25, 0.3) is 5.65 Å². The van der Waals surface area contributed by atoms with Crippen LogP contribution in [0.2, 0.25) is 0 Å². The first-order valence-electron chi connectivity index (χ1n) is 6.58. The normalized spacial score (nSPS) is 15.9. The van der Waals surface area contributed by atoms with Crippen LogP contribution in [0, 0.1) is 0 Å². The number of aromatic nitrogens is 2. The molecule has 3 heterocycles. The van der Waals surface area contributed by atoms with Gasteiger partial charge in [0, 0.05) is 32.4 Å². The first-order chi connectivity index (χ1) is 10.1. The van der Waals surface area contributed by atoms with Gasteiger partial charge in [0.1, 0.15) is 5.65 Å². The Kier molecular flexibility index (Phi) is 3.17. The molecule has 108 valence electrons. The van der Waals surface area contributed by atoms with Crippen LogP contribution in [0.15, 0.2) is 35.3 Å². The summed E-state index contributed by atoms with van der Waals surface area (Å²) in [5, 5.41) is 0. The molecule has 0 aliphatic carbocycles. The van der Waals surface area contributed by atoms with Gasteiger partial charge in [0.2, 0.25) is 0 Å². The Morgan fingerprint density at radius 2 is 1.95 bits per heavy atom. The van der Waals surface area contributed by atoms with Gasteiger partial charge in [-0.1, -0.05) is 6.07 Å². The second-order valence-corrected chi connectivity index (χ2v) is 4.97. The number of fused-ring (bicyclic) bond motifs is 1. The van der Waals surface area contributed by atoms with Gasteiger partial charge in [0.05, 0.1) is 12.2 Å². The smallest absolute Gasteiger partial charge is 0.312 e. The summed E-state index contributed by atoms with van der Waals surface area (Å²) >= 11 is 0. The number of carbonyl (C=O) groups excluding carboxylic acids is 2. The van der Waals surface area contributed by atoms with Crippen molar-refractivity contribution in [1.82, 2.24) is 19.2 Å². The molecule has 7 heteroatoms. The molecule has 0 spiro atoms. The van der Waals surface area contributed by atoms with E-state index in [9.17, 15) is 14.4 Å². The molecule has 1 aliphatic rings. The SMILES string of the molecule is CN1CCN(Cc2cc(=O)n3ccccc3n2)C(=O)C1=O. The van der Waals surface area contributed by atoms with E-state index in [4.69, 9.17) is 0 Å². The number of rotatable bonds is 2. The summed E-state index contributed by atoms with van der Waals surface area (Å²) in [5.41, 5.74) is 0.799. The molecule has 0 aromatic carbocycles. The Labute approximate surface area is 120 Å². The lowest BCUT2D eigenvalue weighted by molar-refractivity contribution is -0.155. The van der Waals surface area contributed by atoms with Crippen molar-refractivity contribution < 1.29 is 9.59 Å². The number of hydrogen-bond donors (Lipinski definition) is 0. The van der Waals surface area contributed by atoms with E-state index in [1.54, 1.807) is 31.4 Å². The van der Waals surface area contributed by atoms with Gasteiger partial charge in [-0.25, -0.2) is 4.98 Å². The molecule has 0 N–H and O–H groups in total. The molecule has 1 aliphatic heterocycles. The van der Waals surface area contributed by atoms with Gasteiger partial charge in [-0.15, -0.1) is 0 Å². The molecule has 0 saturated carbocycles. The van der Waals surface area contributed by atoms with Gasteiger partial charge in [-0.3, -0.25) is 18.8 Å². The Morgan fingerprint density at radius 1 is 1.14 bits per heavy atom. The first kappa shape index (κ1) is 13.3. The number of piperazine rings is 1. The van der Waals surface area contributed by atoms with E-state index in [2.05, 4.69) is 4.98 Å². The summed E-state index contributed by atoms with van der Waals surface area (Å²) < 4.78 is 1.43. The van der Waals surface area contributed by atoms with Gasteiger partial charge in [-0.05, 0) is 12.1 Å². The summed E-state index contributed by atoms with van der Waals surface area (Å²) in [5.74, 6) is -1.09. The van der Waals surface area contributed by atoms with Crippen LogP contribution in [0.4, 0.5) is 0 Å². The molecule has 21 heavy (non-hydrogen) atoms. The molecule has 2 aromatic rings. The quantitative estimate of drug-likeness (QED) is 0.697. The highest BCUT2D eigenvalue weighted by molar-refractivity contribution is 6.35. The summed E-state index contributed by atoms with van der Waals surface area (Å²) in [6.45, 7) is 1.09. The molecule has 2 aromatic heterocycles. The number of carbonyl (C=O) groups is 2. The van der Waals surface area contributed by atoms with Gasteiger partial charge >= 0.3 is 11.8 Å². The van der Waals surface area contributed by atoms with Crippen molar-refractivity contribution >= 4 is 17.5 Å². The second kappa shape index (κ2) is 5.01. The fourth-order valence-electron chi connectivity index (χ4n) is 2.30. The minimum absolute atomic E-state index is 0.166. The van der Waals surface area contributed by atoms with E-state index in [-0.39, 0.29) is 12.1 Å². The molecular formula is C14H14N4O3. The zero-order valence-electron chi connectivity index (χ0n) is 11.5. The minimum Gasteiger partial charge on any atom is -0.336 e. The summed E-state index contributed by atoms with van der Waals surface area (Å²) in [6, 6.07) is 6.65. The van der Waals surface area contributed by atoms with Crippen molar-refractivity contribution in [3.8, 4) is 0 Å². The Balaban J connectivity index is 1.90. The summed E-state index contributed by atoms with van der Waals surface area (Å²) in [7, 11) is 1.60. The number of hydrogen-bond acceptors (Lipinski definition) is 4. The lowest BCUT2D eigenvalue weighted by atomic mass is 10.2. The van der Waals surface area contributed by atoms with Crippen LogP contribution in [0.5, 0.6) is 0 Å². The lowest BCUT2D eigenvalue weighted by Gasteiger charge is -2.31. The third-order valence-electron chi connectivity index (χ3n) is 3.50. The van der Waals surface area contributed by atoms with Crippen molar-refractivity contribution in [2.45, 2.75) is 6.54 Å². The molecule has 0 atom stereocenters. The Bertz CT molecular complexity index is 783. The van der Waals surface area contributed by atoms with Gasteiger partial charge in [0.25, 0.3) is 5.56 Å². The third-order valence-corrected chi connectivity index (χ3v) is 3.50. The topological polar surface area (TPSA) is 75.0 Å². The van der Waals surface area contributed by atoms with E-state index in [0.717, 1.165) is 0 Å². The first-order valence-corrected chi connectivity index (χ1v) is 6.58. The molecular weight excluding hydrogens is 272 g/mol. The fourth-order valence-corrected chi connectivity index (χ4v) is 2.30. The highest BCUT2D eigenvalue weighted by Crippen LogP contribution is 2.08. The fraction of sp³-hybridized carbons (Fsp3) is 0.286. The number of pyridine rings is 1. The Hall–Kier alpha value is -2.70. The van der Waals surface area contributed by atoms with Crippen molar-refractivity contribution in [2.75, 3.05) is 20.1 Å². The van der Waals surface area contributed by atoms with E-state index >= 15 is 0 Å². The predicted molar refractivity (Wildman–Crippen MR) is 74.5 cm³/mol. The van der Waals surface area contributed by atoms with E-state index in [1.165, 1.54) is 20.3 Å². The number of nitrogens with zero attached hydrogens (tertiary/aromatic N) is 4. The number of likely N-dealkylation sites (N-methyl/N-ethyl adjacent to an activating group) is 1. The predicted octanol–water partition coefficient (Wildman–Crippen LogP) is -0.505. The standard InChI is InChI=1S/C14H14N4O3/c1-16-6-7-17(14(21)13(16)20)9-10-8-12(19)18-5-3-2-4-11(18)15-10/h2-5,8H,6-7,9H2,1H3. The van der Waals surface area contributed by atoms with Crippen LogP contribution >= 0.6 is 0 Å². The van der Waals surface area contributed by atoms with E-state index < -0.39 is 11.8 Å². The van der Waals surface area contributed by atoms with E-state index in [1.807, 2.05) is 0 Å². The molecule has 1 saturated heterocycles. The largest absolute Gasteiger partial charge is 0.336 e. The summed E-state index contributed by atoms with van der Waals surface area (Å²) in [6.07, 6.45) is 1.64. The molecule has 2 amide bonds. The van der Waals surface area contributed by atoms with Crippen LogP contribution < -0.4 is 5.56 Å². The van der Waals surface area contributed by atoms with Gasteiger partial charge < -0.3 is 9.80 Å². The number of amides is 2. The monoisotopic (exact) mass is 286 g/mol.